The van der Waals surface area contributed by atoms with Crippen LogP contribution in [0.2, 0.25) is 5.02 Å². The van der Waals surface area contributed by atoms with Gasteiger partial charge in [-0.25, -0.2) is 0 Å². The zero-order valence-electron chi connectivity index (χ0n) is 9.14. The lowest BCUT2D eigenvalue weighted by atomic mass is 10.1. The number of benzene rings is 1. The first-order valence-electron chi connectivity index (χ1n) is 4.99. The summed E-state index contributed by atoms with van der Waals surface area (Å²) in [6.45, 7) is 1.76. The van der Waals surface area contributed by atoms with Crippen molar-refractivity contribution >= 4 is 17.4 Å². The third-order valence-corrected chi connectivity index (χ3v) is 2.50. The molecule has 0 bridgehead atoms. The van der Waals surface area contributed by atoms with E-state index in [-0.39, 0.29) is 12.4 Å². The minimum absolute atomic E-state index is 0.0325. The maximum atomic E-state index is 11.1. The van der Waals surface area contributed by atoms with Crippen molar-refractivity contribution in [3.8, 4) is 5.75 Å². The Morgan fingerprint density at radius 2 is 2.29 bits per heavy atom. The number of carbonyl (C=O) groups is 1. The molecule has 0 radical (unpaired) electrons. The molecule has 0 aliphatic carbocycles. The van der Waals surface area contributed by atoms with E-state index in [1.165, 1.54) is 13.2 Å². The standard InChI is InChI=1S/C12H10ClNO3/c1-8(15)9-2-3-12(11(13)6-9)16-7-10-4-5-17-14-10/h2-6H,7H2,1H3. The van der Waals surface area contributed by atoms with Crippen LogP contribution in [0.5, 0.6) is 5.75 Å². The van der Waals surface area contributed by atoms with Gasteiger partial charge in [0.1, 0.15) is 24.3 Å². The first-order valence-corrected chi connectivity index (χ1v) is 5.37. The van der Waals surface area contributed by atoms with Gasteiger partial charge < -0.3 is 9.26 Å². The maximum absolute atomic E-state index is 11.1. The van der Waals surface area contributed by atoms with E-state index in [4.69, 9.17) is 16.3 Å². The molecule has 17 heavy (non-hydrogen) atoms. The Morgan fingerprint density at radius 1 is 1.47 bits per heavy atom. The SMILES string of the molecule is CC(=O)c1ccc(OCc2ccon2)c(Cl)c1. The second-order valence-corrected chi connectivity index (χ2v) is 3.89. The van der Waals surface area contributed by atoms with E-state index in [9.17, 15) is 4.79 Å². The highest BCUT2D eigenvalue weighted by molar-refractivity contribution is 6.32. The molecule has 0 aliphatic rings. The monoisotopic (exact) mass is 251 g/mol. The Morgan fingerprint density at radius 3 is 2.88 bits per heavy atom. The molecule has 0 saturated heterocycles. The fourth-order valence-corrected chi connectivity index (χ4v) is 1.54. The van der Waals surface area contributed by atoms with Crippen LogP contribution >= 0.6 is 11.6 Å². The van der Waals surface area contributed by atoms with Gasteiger partial charge >= 0.3 is 0 Å². The molecule has 1 aromatic carbocycles. The van der Waals surface area contributed by atoms with Gasteiger partial charge in [-0.1, -0.05) is 16.8 Å². The Hall–Kier alpha value is -1.81. The largest absolute Gasteiger partial charge is 0.486 e. The van der Waals surface area contributed by atoms with Crippen molar-refractivity contribution in [2.45, 2.75) is 13.5 Å². The highest BCUT2D eigenvalue weighted by Gasteiger charge is 2.06. The zero-order valence-corrected chi connectivity index (χ0v) is 9.90. The molecular weight excluding hydrogens is 242 g/mol. The number of halogens is 1. The third kappa shape index (κ3) is 2.85. The van der Waals surface area contributed by atoms with Crippen LogP contribution < -0.4 is 4.74 Å². The average molecular weight is 252 g/mol. The normalized spacial score (nSPS) is 10.2. The highest BCUT2D eigenvalue weighted by Crippen LogP contribution is 2.26. The Balaban J connectivity index is 2.09. The van der Waals surface area contributed by atoms with E-state index in [0.717, 1.165) is 0 Å². The number of ketones is 1. The van der Waals surface area contributed by atoms with Crippen molar-refractivity contribution in [1.29, 1.82) is 0 Å². The third-order valence-electron chi connectivity index (χ3n) is 2.21. The minimum atomic E-state index is -0.0325. The molecule has 88 valence electrons. The van der Waals surface area contributed by atoms with E-state index in [2.05, 4.69) is 9.68 Å². The minimum Gasteiger partial charge on any atom is -0.486 e. The average Bonchev–Trinajstić information content (AvgIpc) is 2.80. The maximum Gasteiger partial charge on any atom is 0.159 e. The molecule has 0 amide bonds. The molecule has 1 heterocycles. The Kier molecular flexibility index (Phi) is 3.44. The molecular formula is C12H10ClNO3. The van der Waals surface area contributed by atoms with E-state index in [1.807, 2.05) is 0 Å². The molecule has 1 aromatic heterocycles. The molecule has 0 atom stereocenters. The predicted octanol–water partition coefficient (Wildman–Crippen LogP) is 3.11. The second-order valence-electron chi connectivity index (χ2n) is 3.48. The van der Waals surface area contributed by atoms with Crippen LogP contribution in [0.25, 0.3) is 0 Å². The fourth-order valence-electron chi connectivity index (χ4n) is 1.30. The summed E-state index contributed by atoms with van der Waals surface area (Å²) in [4.78, 5) is 11.1. The van der Waals surface area contributed by atoms with Gasteiger partial charge in [-0.3, -0.25) is 4.79 Å². The van der Waals surface area contributed by atoms with Gasteiger partial charge in [-0.05, 0) is 25.1 Å². The lowest BCUT2D eigenvalue weighted by molar-refractivity contribution is 0.101. The molecule has 2 aromatic rings. The van der Waals surface area contributed by atoms with Crippen LogP contribution in [-0.4, -0.2) is 10.9 Å². The van der Waals surface area contributed by atoms with Gasteiger partial charge in [0.25, 0.3) is 0 Å². The summed E-state index contributed by atoms with van der Waals surface area (Å²) in [6.07, 6.45) is 1.47. The summed E-state index contributed by atoms with van der Waals surface area (Å²) in [5.74, 6) is 0.481. The molecule has 0 spiro atoms. The number of carbonyl (C=O) groups excluding carboxylic acids is 1. The number of aromatic nitrogens is 1. The first kappa shape index (κ1) is 11.7. The Bertz CT molecular complexity index is 523. The van der Waals surface area contributed by atoms with Crippen molar-refractivity contribution in [1.82, 2.24) is 5.16 Å². The number of ether oxygens (including phenoxy) is 1. The van der Waals surface area contributed by atoms with Crippen molar-refractivity contribution in [3.05, 3.63) is 46.8 Å². The van der Waals surface area contributed by atoms with Crippen molar-refractivity contribution < 1.29 is 14.1 Å². The van der Waals surface area contributed by atoms with E-state index in [1.54, 1.807) is 24.3 Å². The lowest BCUT2D eigenvalue weighted by Crippen LogP contribution is -1.97. The van der Waals surface area contributed by atoms with Gasteiger partial charge in [-0.15, -0.1) is 0 Å². The summed E-state index contributed by atoms with van der Waals surface area (Å²) in [5, 5.41) is 4.11. The molecule has 4 nitrogen and oxygen atoms in total. The van der Waals surface area contributed by atoms with Gasteiger partial charge in [-0.2, -0.15) is 0 Å². The summed E-state index contributed by atoms with van der Waals surface area (Å²) in [5.41, 5.74) is 1.24. The van der Waals surface area contributed by atoms with E-state index in [0.29, 0.717) is 22.0 Å². The van der Waals surface area contributed by atoms with Crippen LogP contribution in [0.1, 0.15) is 23.0 Å². The van der Waals surface area contributed by atoms with Crippen LogP contribution in [-0.2, 0) is 6.61 Å². The number of hydrogen-bond donors (Lipinski definition) is 0. The topological polar surface area (TPSA) is 52.3 Å². The Labute approximate surface area is 103 Å². The molecule has 0 N–H and O–H groups in total. The summed E-state index contributed by atoms with van der Waals surface area (Å²) >= 11 is 5.99. The fraction of sp³-hybridized carbons (Fsp3) is 0.167. The van der Waals surface area contributed by atoms with Crippen LogP contribution in [0, 0.1) is 0 Å². The van der Waals surface area contributed by atoms with E-state index < -0.39 is 0 Å². The van der Waals surface area contributed by atoms with Crippen LogP contribution in [0.15, 0.2) is 35.1 Å². The van der Waals surface area contributed by atoms with Crippen molar-refractivity contribution in [2.24, 2.45) is 0 Å². The summed E-state index contributed by atoms with van der Waals surface area (Å²) < 4.78 is 10.1. The van der Waals surface area contributed by atoms with Crippen LogP contribution in [0.4, 0.5) is 0 Å². The molecule has 0 saturated carbocycles. The summed E-state index contributed by atoms with van der Waals surface area (Å²) in [7, 11) is 0. The van der Waals surface area contributed by atoms with Crippen LogP contribution in [0.3, 0.4) is 0 Å². The quantitative estimate of drug-likeness (QED) is 0.784. The molecule has 5 heteroatoms. The molecule has 0 fully saturated rings. The highest BCUT2D eigenvalue weighted by atomic mass is 35.5. The summed E-state index contributed by atoms with van der Waals surface area (Å²) in [6, 6.07) is 6.63. The molecule has 0 unspecified atom stereocenters. The van der Waals surface area contributed by atoms with Gasteiger partial charge in [0.2, 0.25) is 0 Å². The molecule has 2 rings (SSSR count). The zero-order chi connectivity index (χ0) is 12.3. The first-order chi connectivity index (χ1) is 8.16. The predicted molar refractivity (Wildman–Crippen MR) is 62.3 cm³/mol. The van der Waals surface area contributed by atoms with Gasteiger partial charge in [0.15, 0.2) is 5.78 Å². The van der Waals surface area contributed by atoms with Gasteiger partial charge in [0.05, 0.1) is 5.02 Å². The second kappa shape index (κ2) is 5.01. The van der Waals surface area contributed by atoms with E-state index >= 15 is 0 Å². The van der Waals surface area contributed by atoms with Gasteiger partial charge in [0, 0.05) is 11.6 Å². The lowest BCUT2D eigenvalue weighted by Gasteiger charge is -2.06. The van der Waals surface area contributed by atoms with Crippen molar-refractivity contribution in [3.63, 3.8) is 0 Å². The number of nitrogens with zero attached hydrogens (tertiary/aromatic N) is 1. The number of Topliss-reactive ketones (excluding diaryl/α,β-unsaturated/α-hetero) is 1. The molecule has 0 aliphatic heterocycles. The number of hydrogen-bond acceptors (Lipinski definition) is 4. The number of rotatable bonds is 4. The van der Waals surface area contributed by atoms with Crippen molar-refractivity contribution in [2.75, 3.05) is 0 Å². The smallest absolute Gasteiger partial charge is 0.159 e.